The molecule has 38 atom stereocenters. The van der Waals surface area contributed by atoms with Crippen LogP contribution in [-0.2, 0) is 76.2 Å². The predicted octanol–water partition coefficient (Wildman–Crippen LogP) is -4.85. The Hall–Kier alpha value is -1.84. The van der Waals surface area contributed by atoms with Crippen LogP contribution in [-0.4, -0.2) is 316 Å². The molecule has 6 heterocycles. The number of Topliss-reactive ketones (excluding diaryl/α,β-unsaturated/α-hetero) is 1. The average Bonchev–Trinajstić information content (AvgIpc) is 1.33. The second-order valence-corrected chi connectivity index (χ2v) is 30.5. The molecule has 17 N–H and O–H groups in total. The molecule has 9 fully saturated rings. The normalized spacial score (nSPS) is 51.6. The highest BCUT2D eigenvalue weighted by atomic mass is 32.3. The zero-order valence-corrected chi connectivity index (χ0v) is 55.7. The van der Waals surface area contributed by atoms with Gasteiger partial charge in [-0.3, -0.25) is 9.35 Å². The highest BCUT2D eigenvalue weighted by molar-refractivity contribution is 7.80. The third kappa shape index (κ3) is 15.2. The molecule has 554 valence electrons. The maximum atomic E-state index is 13.3. The standard InChI is InChI=1S/C62H102O33S/c1-22(2)15-26(65)18-62(8,79)36-10-9-29-28-17-32(31-16-27(95-96(80,81)82)11-13-60(31,6)30(28)12-14-61(29,36)7)87-57-49(78)51(39(68)25(5)86-57)92-58-52(93-54-45(74)42(71)37(66)23(3)84-54)41(70)35(21-83-58)90-59-53(94-55-46(75)43(72)38(67)24(4)85-55)48(77)50(34(20-64)89-59)91-56-47(76)44(73)40(69)33(19-63)88-56/h12,22-25,27-29,31-59,63-64,66-79H,9-11,13-21H2,1-8H3,(H,80,81,82)/t23-,24-,25-,27+,28+,29+,31-,32+,33-,34-,35-,36+,37-,38+,39-,40+,41+,42+,43+,44+,45-,46-,47-,48+,49-,50-,51+,52-,53-,54+,55+,56+,57+,58+,59+,60-,61+,62+/m1/s1. The summed E-state index contributed by atoms with van der Waals surface area (Å²) < 4.78 is 113. The molecule has 0 aromatic heterocycles. The van der Waals surface area contributed by atoms with Gasteiger partial charge in [0.15, 0.2) is 37.7 Å². The number of allylic oxidation sites excluding steroid dienone is 2. The summed E-state index contributed by atoms with van der Waals surface area (Å²) in [6.07, 6.45) is -49.1. The van der Waals surface area contributed by atoms with Gasteiger partial charge in [0.25, 0.3) is 0 Å². The van der Waals surface area contributed by atoms with Crippen LogP contribution in [0.2, 0.25) is 0 Å². The Morgan fingerprint density at radius 1 is 0.573 bits per heavy atom. The van der Waals surface area contributed by atoms with Crippen LogP contribution in [0, 0.1) is 40.4 Å². The molecule has 0 unspecified atom stereocenters. The molecule has 6 aliphatic heterocycles. The van der Waals surface area contributed by atoms with Gasteiger partial charge in [0.1, 0.15) is 128 Å². The molecule has 3 saturated carbocycles. The van der Waals surface area contributed by atoms with Gasteiger partial charge in [0.05, 0.1) is 55.9 Å². The Kier molecular flexibility index (Phi) is 24.1. The Morgan fingerprint density at radius 3 is 1.66 bits per heavy atom. The summed E-state index contributed by atoms with van der Waals surface area (Å²) >= 11 is 0. The molecule has 33 nitrogen and oxygen atoms in total. The van der Waals surface area contributed by atoms with Crippen molar-refractivity contribution in [2.24, 2.45) is 40.4 Å². The molecule has 10 aliphatic rings. The van der Waals surface area contributed by atoms with E-state index >= 15 is 0 Å². The molecule has 0 bridgehead atoms. The third-order valence-corrected chi connectivity index (χ3v) is 22.9. The molecule has 0 aromatic carbocycles. The van der Waals surface area contributed by atoms with Gasteiger partial charge in [-0.1, -0.05) is 39.3 Å². The van der Waals surface area contributed by atoms with Crippen LogP contribution in [0.4, 0.5) is 0 Å². The summed E-state index contributed by atoms with van der Waals surface area (Å²) in [5.74, 6) is -0.972. The SMILES string of the molecule is CC(C)CC(=O)C[C@](C)(O)[C@H]1CC[C@H]2[C@@H]3C[C@H](O[C@@H]4O[C@H](C)[C@@H](O)[C@H](O[C@@H]5OC[C@@H](O[C@@H]6O[C@H](CO)[C@@H](O[C@@H]7O[C@H](CO)[C@H](O)[C@H](O)[C@H]7O)[C@H](O)[C@H]6O[C@@H]6O[C@H](C)[C@H](O)[C@H](O)[C@H]6O)[C@H](O)[C@H]5O[C@@H]5O[C@H](C)[C@@H](O)[C@H](O)[C@H]5O)[C@H]4O)[C@H]4C[C@@H](OS(=O)(=O)O)CC[C@]4(C)C3=CC[C@@]21C. The van der Waals surface area contributed by atoms with E-state index in [4.69, 9.17) is 61.0 Å². The van der Waals surface area contributed by atoms with Crippen LogP contribution in [0.1, 0.15) is 113 Å². The van der Waals surface area contributed by atoms with Crippen molar-refractivity contribution in [2.75, 3.05) is 19.8 Å². The van der Waals surface area contributed by atoms with Gasteiger partial charge in [-0.2, -0.15) is 8.42 Å². The Labute approximate surface area is 555 Å². The Balaban J connectivity index is 0.926. The molecule has 0 spiro atoms. The third-order valence-electron chi connectivity index (χ3n) is 22.4. The fourth-order valence-corrected chi connectivity index (χ4v) is 17.8. The first-order chi connectivity index (χ1) is 44.9. The summed E-state index contributed by atoms with van der Waals surface area (Å²) in [6.45, 7) is 11.3. The van der Waals surface area contributed by atoms with Crippen LogP contribution < -0.4 is 0 Å². The minimum absolute atomic E-state index is 0.0115. The summed E-state index contributed by atoms with van der Waals surface area (Å²) in [4.78, 5) is 13.3. The fraction of sp³-hybridized carbons (Fsp3) is 0.952. The number of fused-ring (bicyclic) bond motifs is 5. The fourth-order valence-electron chi connectivity index (χ4n) is 17.3. The molecule has 0 aromatic rings. The maximum Gasteiger partial charge on any atom is 0.397 e. The van der Waals surface area contributed by atoms with Gasteiger partial charge >= 0.3 is 10.4 Å². The summed E-state index contributed by atoms with van der Waals surface area (Å²) in [6, 6.07) is 0. The topological polar surface area (TPSA) is 515 Å². The van der Waals surface area contributed by atoms with Crippen LogP contribution in [0.5, 0.6) is 0 Å². The van der Waals surface area contributed by atoms with E-state index in [-0.39, 0.29) is 55.1 Å². The molecular formula is C62H102O33S. The summed E-state index contributed by atoms with van der Waals surface area (Å²) in [5, 5.41) is 179. The first-order valence-corrected chi connectivity index (χ1v) is 34.8. The van der Waals surface area contributed by atoms with E-state index in [0.29, 0.717) is 32.1 Å². The van der Waals surface area contributed by atoms with Crippen molar-refractivity contribution in [3.63, 3.8) is 0 Å². The molecule has 0 amide bonds. The number of hydrogen-bond acceptors (Lipinski definition) is 32. The lowest BCUT2D eigenvalue weighted by Gasteiger charge is -2.60. The lowest BCUT2D eigenvalue weighted by Crippen LogP contribution is -2.68. The molecule has 4 aliphatic carbocycles. The number of carbonyl (C=O) groups excluding carboxylic acids is 1. The highest BCUT2D eigenvalue weighted by Crippen LogP contribution is 2.67. The van der Waals surface area contributed by atoms with Gasteiger partial charge in [0, 0.05) is 12.8 Å². The number of aliphatic hydroxyl groups is 16. The lowest BCUT2D eigenvalue weighted by molar-refractivity contribution is -0.406. The number of hydrogen-bond donors (Lipinski definition) is 17. The highest BCUT2D eigenvalue weighted by Gasteiger charge is 2.64. The first-order valence-electron chi connectivity index (χ1n) is 33.4. The molecule has 34 heteroatoms. The minimum Gasteiger partial charge on any atom is -0.394 e. The van der Waals surface area contributed by atoms with Crippen LogP contribution in [0.15, 0.2) is 11.6 Å². The molecule has 6 saturated heterocycles. The van der Waals surface area contributed by atoms with Crippen LogP contribution in [0.25, 0.3) is 0 Å². The second-order valence-electron chi connectivity index (χ2n) is 29.5. The van der Waals surface area contributed by atoms with Crippen molar-refractivity contribution in [3.8, 4) is 0 Å². The van der Waals surface area contributed by atoms with Gasteiger partial charge < -0.3 is 139 Å². The van der Waals surface area contributed by atoms with E-state index in [0.717, 1.165) is 5.57 Å². The maximum absolute atomic E-state index is 13.3. The lowest BCUT2D eigenvalue weighted by atomic mass is 9.47. The smallest absolute Gasteiger partial charge is 0.394 e. The van der Waals surface area contributed by atoms with Crippen molar-refractivity contribution in [1.29, 1.82) is 0 Å². The van der Waals surface area contributed by atoms with Crippen molar-refractivity contribution in [2.45, 2.75) is 309 Å². The van der Waals surface area contributed by atoms with Gasteiger partial charge in [-0.15, -0.1) is 0 Å². The van der Waals surface area contributed by atoms with Crippen molar-refractivity contribution in [3.05, 3.63) is 11.6 Å². The molecular weight excluding hydrogens is 1300 g/mol. The zero-order chi connectivity index (χ0) is 70.3. The summed E-state index contributed by atoms with van der Waals surface area (Å²) in [5.41, 5.74) is -1.38. The van der Waals surface area contributed by atoms with Gasteiger partial charge in [-0.25, -0.2) is 4.18 Å². The number of carbonyl (C=O) groups is 1. The van der Waals surface area contributed by atoms with Crippen LogP contribution >= 0.6 is 0 Å². The molecule has 96 heavy (non-hydrogen) atoms. The Bertz CT molecular complexity index is 2750. The van der Waals surface area contributed by atoms with E-state index in [2.05, 4.69) is 19.9 Å². The van der Waals surface area contributed by atoms with Crippen molar-refractivity contribution >= 4 is 16.2 Å². The number of aliphatic hydroxyl groups excluding tert-OH is 15. The van der Waals surface area contributed by atoms with E-state index in [1.54, 1.807) is 6.92 Å². The van der Waals surface area contributed by atoms with Gasteiger partial charge in [0.2, 0.25) is 0 Å². The number of rotatable bonds is 21. The molecule has 0 radical (unpaired) electrons. The largest absolute Gasteiger partial charge is 0.397 e. The second kappa shape index (κ2) is 30.1. The van der Waals surface area contributed by atoms with E-state index < -0.39 is 243 Å². The van der Waals surface area contributed by atoms with E-state index in [9.17, 15) is 99.5 Å². The minimum atomic E-state index is -4.92. The van der Waals surface area contributed by atoms with Crippen molar-refractivity contribution < 1.29 is 160 Å². The van der Waals surface area contributed by atoms with E-state index in [1.165, 1.54) is 20.8 Å². The average molecular weight is 1410 g/mol. The predicted molar refractivity (Wildman–Crippen MR) is 318 cm³/mol. The number of ketones is 1. The van der Waals surface area contributed by atoms with Crippen molar-refractivity contribution in [1.82, 2.24) is 0 Å². The first kappa shape index (κ1) is 76.8. The van der Waals surface area contributed by atoms with Crippen LogP contribution in [0.3, 0.4) is 0 Å². The zero-order valence-electron chi connectivity index (χ0n) is 54.9. The van der Waals surface area contributed by atoms with Gasteiger partial charge in [-0.05, 0) is 113 Å². The Morgan fingerprint density at radius 2 is 1.08 bits per heavy atom. The van der Waals surface area contributed by atoms with E-state index in [1.807, 2.05) is 13.8 Å². The summed E-state index contributed by atoms with van der Waals surface area (Å²) in [7, 11) is -4.92. The monoisotopic (exact) mass is 1410 g/mol. The number of ether oxygens (including phenoxy) is 12. The molecule has 10 rings (SSSR count). The quantitative estimate of drug-likeness (QED) is 0.0379.